The van der Waals surface area contributed by atoms with Gasteiger partial charge in [0, 0.05) is 23.0 Å². The lowest BCUT2D eigenvalue weighted by atomic mass is 10.2. The van der Waals surface area contributed by atoms with E-state index in [0.29, 0.717) is 22.5 Å². The summed E-state index contributed by atoms with van der Waals surface area (Å²) < 4.78 is 4.98. The zero-order chi connectivity index (χ0) is 12.0. The normalized spacial score (nSPS) is 12.2. The molecule has 0 heterocycles. The summed E-state index contributed by atoms with van der Waals surface area (Å²) >= 11 is 9.05. The van der Waals surface area contributed by atoms with Crippen LogP contribution in [-0.4, -0.2) is 31.0 Å². The van der Waals surface area contributed by atoms with Gasteiger partial charge in [-0.15, -0.1) is 0 Å². The van der Waals surface area contributed by atoms with Crippen LogP contribution in [-0.2, 0) is 4.74 Å². The molecule has 0 saturated carbocycles. The zero-order valence-electron chi connectivity index (χ0n) is 8.87. The number of ether oxygens (including phenoxy) is 1. The SMILES string of the molecule is COCC(CBr)NC(=O)c1ccc(Cl)cc1. The van der Waals surface area contributed by atoms with E-state index in [9.17, 15) is 4.79 Å². The lowest BCUT2D eigenvalue weighted by molar-refractivity contribution is 0.0908. The third kappa shape index (κ3) is 4.12. The number of benzene rings is 1. The number of halogens is 2. The average Bonchev–Trinajstić information content (AvgIpc) is 2.29. The number of hydrogen-bond acceptors (Lipinski definition) is 2. The summed E-state index contributed by atoms with van der Waals surface area (Å²) in [4.78, 5) is 11.8. The Balaban J connectivity index is 2.60. The van der Waals surface area contributed by atoms with Gasteiger partial charge in [0.1, 0.15) is 0 Å². The maximum absolute atomic E-state index is 11.8. The lowest BCUT2D eigenvalue weighted by Gasteiger charge is -2.15. The number of alkyl halides is 1. The minimum atomic E-state index is -0.127. The number of rotatable bonds is 5. The quantitative estimate of drug-likeness (QED) is 0.849. The van der Waals surface area contributed by atoms with Gasteiger partial charge in [0.25, 0.3) is 5.91 Å². The molecular formula is C11H13BrClNO2. The summed E-state index contributed by atoms with van der Waals surface area (Å²) in [5, 5.41) is 4.12. The van der Waals surface area contributed by atoms with Crippen LogP contribution in [0.1, 0.15) is 10.4 Å². The van der Waals surface area contributed by atoms with Crippen molar-refractivity contribution in [2.24, 2.45) is 0 Å². The first-order valence-corrected chi connectivity index (χ1v) is 6.28. The van der Waals surface area contributed by atoms with Crippen molar-refractivity contribution in [1.82, 2.24) is 5.32 Å². The fraction of sp³-hybridized carbons (Fsp3) is 0.364. The first-order valence-electron chi connectivity index (χ1n) is 4.78. The van der Waals surface area contributed by atoms with Gasteiger partial charge in [-0.2, -0.15) is 0 Å². The molecule has 0 bridgehead atoms. The Labute approximate surface area is 108 Å². The van der Waals surface area contributed by atoms with Crippen LogP contribution in [0.2, 0.25) is 5.02 Å². The highest BCUT2D eigenvalue weighted by atomic mass is 79.9. The molecule has 1 aromatic carbocycles. The minimum Gasteiger partial charge on any atom is -0.383 e. The van der Waals surface area contributed by atoms with Crippen molar-refractivity contribution in [1.29, 1.82) is 0 Å². The Morgan fingerprint density at radius 2 is 2.12 bits per heavy atom. The van der Waals surface area contributed by atoms with Crippen molar-refractivity contribution in [3.05, 3.63) is 34.9 Å². The van der Waals surface area contributed by atoms with Gasteiger partial charge in [-0.1, -0.05) is 27.5 Å². The Morgan fingerprint density at radius 1 is 1.50 bits per heavy atom. The molecule has 16 heavy (non-hydrogen) atoms. The van der Waals surface area contributed by atoms with Gasteiger partial charge in [0.2, 0.25) is 0 Å². The van der Waals surface area contributed by atoms with Crippen LogP contribution in [0.5, 0.6) is 0 Å². The number of hydrogen-bond donors (Lipinski definition) is 1. The lowest BCUT2D eigenvalue weighted by Crippen LogP contribution is -2.39. The fourth-order valence-electron chi connectivity index (χ4n) is 1.20. The number of methoxy groups -OCH3 is 1. The second-order valence-electron chi connectivity index (χ2n) is 3.29. The predicted octanol–water partition coefficient (Wildman–Crippen LogP) is 2.48. The molecule has 0 aliphatic carbocycles. The van der Waals surface area contributed by atoms with Crippen LogP contribution in [0, 0.1) is 0 Å². The highest BCUT2D eigenvalue weighted by molar-refractivity contribution is 9.09. The number of amides is 1. The molecule has 0 saturated heterocycles. The molecular weight excluding hydrogens is 293 g/mol. The van der Waals surface area contributed by atoms with E-state index in [0.717, 1.165) is 0 Å². The van der Waals surface area contributed by atoms with Crippen molar-refractivity contribution in [3.63, 3.8) is 0 Å². The van der Waals surface area contributed by atoms with Crippen LogP contribution in [0.4, 0.5) is 0 Å². The molecule has 0 aliphatic rings. The van der Waals surface area contributed by atoms with Crippen molar-refractivity contribution >= 4 is 33.4 Å². The van der Waals surface area contributed by atoms with Gasteiger partial charge in [-0.25, -0.2) is 0 Å². The van der Waals surface area contributed by atoms with Crippen LogP contribution in [0.25, 0.3) is 0 Å². The third-order valence-corrected chi connectivity index (χ3v) is 3.03. The summed E-state index contributed by atoms with van der Waals surface area (Å²) in [6.45, 7) is 0.477. The second kappa shape index (κ2) is 6.89. The topological polar surface area (TPSA) is 38.3 Å². The van der Waals surface area contributed by atoms with E-state index in [4.69, 9.17) is 16.3 Å². The van der Waals surface area contributed by atoms with E-state index in [1.165, 1.54) is 0 Å². The van der Waals surface area contributed by atoms with Gasteiger partial charge < -0.3 is 10.1 Å². The van der Waals surface area contributed by atoms with Crippen molar-refractivity contribution in [2.45, 2.75) is 6.04 Å². The maximum atomic E-state index is 11.8. The van der Waals surface area contributed by atoms with E-state index in [1.54, 1.807) is 31.4 Å². The van der Waals surface area contributed by atoms with E-state index < -0.39 is 0 Å². The largest absolute Gasteiger partial charge is 0.383 e. The molecule has 1 unspecified atom stereocenters. The molecule has 1 atom stereocenters. The Bertz CT molecular complexity index is 342. The first kappa shape index (κ1) is 13.5. The van der Waals surface area contributed by atoms with E-state index >= 15 is 0 Å². The highest BCUT2D eigenvalue weighted by Gasteiger charge is 2.12. The number of nitrogens with one attached hydrogen (secondary N) is 1. The molecule has 0 fully saturated rings. The number of carbonyl (C=O) groups is 1. The molecule has 3 nitrogen and oxygen atoms in total. The standard InChI is InChI=1S/C11H13BrClNO2/c1-16-7-10(6-12)14-11(15)8-2-4-9(13)5-3-8/h2-5,10H,6-7H2,1H3,(H,14,15). The molecule has 5 heteroatoms. The van der Waals surface area contributed by atoms with E-state index in [-0.39, 0.29) is 11.9 Å². The van der Waals surface area contributed by atoms with Gasteiger partial charge >= 0.3 is 0 Å². The second-order valence-corrected chi connectivity index (χ2v) is 4.37. The van der Waals surface area contributed by atoms with Gasteiger partial charge in [0.05, 0.1) is 12.6 Å². The molecule has 0 spiro atoms. The summed E-state index contributed by atoms with van der Waals surface area (Å²) in [6, 6.07) is 6.73. The van der Waals surface area contributed by atoms with Crippen LogP contribution in [0.3, 0.4) is 0 Å². The highest BCUT2D eigenvalue weighted by Crippen LogP contribution is 2.09. The molecule has 1 rings (SSSR count). The summed E-state index contributed by atoms with van der Waals surface area (Å²) in [5.41, 5.74) is 0.589. The van der Waals surface area contributed by atoms with Crippen molar-refractivity contribution < 1.29 is 9.53 Å². The van der Waals surface area contributed by atoms with Crippen LogP contribution >= 0.6 is 27.5 Å². The molecule has 1 amide bonds. The van der Waals surface area contributed by atoms with Crippen LogP contribution < -0.4 is 5.32 Å². The molecule has 88 valence electrons. The monoisotopic (exact) mass is 305 g/mol. The Morgan fingerprint density at radius 3 is 2.62 bits per heavy atom. The van der Waals surface area contributed by atoms with E-state index in [1.807, 2.05) is 0 Å². The average molecular weight is 307 g/mol. The summed E-state index contributed by atoms with van der Waals surface area (Å²) in [7, 11) is 1.60. The minimum absolute atomic E-state index is 0.0341. The number of carbonyl (C=O) groups excluding carboxylic acids is 1. The third-order valence-electron chi connectivity index (χ3n) is 2.00. The van der Waals surface area contributed by atoms with E-state index in [2.05, 4.69) is 21.2 Å². The Kier molecular flexibility index (Phi) is 5.80. The zero-order valence-corrected chi connectivity index (χ0v) is 11.2. The van der Waals surface area contributed by atoms with Crippen LogP contribution in [0.15, 0.2) is 24.3 Å². The molecule has 0 radical (unpaired) electrons. The molecule has 0 aliphatic heterocycles. The van der Waals surface area contributed by atoms with Crippen molar-refractivity contribution in [3.8, 4) is 0 Å². The van der Waals surface area contributed by atoms with Gasteiger partial charge in [-0.05, 0) is 24.3 Å². The molecule has 1 N–H and O–H groups in total. The smallest absolute Gasteiger partial charge is 0.251 e. The maximum Gasteiger partial charge on any atom is 0.251 e. The summed E-state index contributed by atoms with van der Waals surface area (Å²) in [6.07, 6.45) is 0. The van der Waals surface area contributed by atoms with Crippen molar-refractivity contribution in [2.75, 3.05) is 19.0 Å². The fourth-order valence-corrected chi connectivity index (χ4v) is 1.67. The Hall–Kier alpha value is -0.580. The predicted molar refractivity (Wildman–Crippen MR) is 68.4 cm³/mol. The molecule has 1 aromatic rings. The first-order chi connectivity index (χ1) is 7.67. The molecule has 0 aromatic heterocycles. The summed E-state index contributed by atoms with van der Waals surface area (Å²) in [5.74, 6) is -0.127. The van der Waals surface area contributed by atoms with Gasteiger partial charge in [0.15, 0.2) is 0 Å². The van der Waals surface area contributed by atoms with Gasteiger partial charge in [-0.3, -0.25) is 4.79 Å².